The summed E-state index contributed by atoms with van der Waals surface area (Å²) >= 11 is 3.35. The van der Waals surface area contributed by atoms with Crippen LogP contribution in [-0.2, 0) is 6.54 Å². The topological polar surface area (TPSA) is 49.8 Å². The van der Waals surface area contributed by atoms with Gasteiger partial charge in [-0.25, -0.2) is 4.79 Å². The monoisotopic (exact) mass is 271 g/mol. The van der Waals surface area contributed by atoms with Gasteiger partial charge in [0.1, 0.15) is 12.4 Å². The molecule has 0 spiro atoms. The van der Waals surface area contributed by atoms with E-state index in [1.165, 1.54) is 4.90 Å². The van der Waals surface area contributed by atoms with Crippen LogP contribution < -0.4 is 4.74 Å². The second kappa shape index (κ2) is 4.10. The Morgan fingerprint density at radius 1 is 1.53 bits per heavy atom. The van der Waals surface area contributed by atoms with Crippen LogP contribution in [0.15, 0.2) is 22.7 Å². The molecule has 0 aromatic heterocycles. The van der Waals surface area contributed by atoms with Crippen LogP contribution in [0.4, 0.5) is 4.79 Å². The molecule has 1 heterocycles. The standard InChI is InChI=1S/C10H10BrNO3/c11-8-1-2-9-7(5-8)6-12(10(13)14)3-4-15-9/h1-2,5H,3-4,6H2,(H,13,14). The number of carboxylic acid groups (broad SMARTS) is 1. The summed E-state index contributed by atoms with van der Waals surface area (Å²) in [7, 11) is 0. The van der Waals surface area contributed by atoms with Gasteiger partial charge in [0.25, 0.3) is 0 Å². The van der Waals surface area contributed by atoms with Crippen LogP contribution in [0.1, 0.15) is 5.56 Å². The zero-order valence-corrected chi connectivity index (χ0v) is 9.53. The summed E-state index contributed by atoms with van der Waals surface area (Å²) in [4.78, 5) is 12.2. The van der Waals surface area contributed by atoms with Gasteiger partial charge in [0.15, 0.2) is 0 Å². The fourth-order valence-electron chi connectivity index (χ4n) is 1.53. The fraction of sp³-hybridized carbons (Fsp3) is 0.300. The molecule has 80 valence electrons. The van der Waals surface area contributed by atoms with Crippen molar-refractivity contribution in [3.05, 3.63) is 28.2 Å². The van der Waals surface area contributed by atoms with Gasteiger partial charge in [0.2, 0.25) is 0 Å². The molecule has 0 fully saturated rings. The largest absolute Gasteiger partial charge is 0.491 e. The SMILES string of the molecule is O=C(O)N1CCOc2ccc(Br)cc2C1. The maximum absolute atomic E-state index is 10.9. The van der Waals surface area contributed by atoms with Crippen LogP contribution in [0.25, 0.3) is 0 Å². The Balaban J connectivity index is 2.31. The lowest BCUT2D eigenvalue weighted by atomic mass is 10.2. The number of fused-ring (bicyclic) bond motifs is 1. The van der Waals surface area contributed by atoms with Crippen molar-refractivity contribution >= 4 is 22.0 Å². The number of ether oxygens (including phenoxy) is 1. The highest BCUT2D eigenvalue weighted by Crippen LogP contribution is 2.26. The third-order valence-electron chi connectivity index (χ3n) is 2.27. The molecule has 1 aliphatic heterocycles. The molecular weight excluding hydrogens is 262 g/mol. The van der Waals surface area contributed by atoms with Crippen molar-refractivity contribution in [2.45, 2.75) is 6.54 Å². The smallest absolute Gasteiger partial charge is 0.407 e. The molecule has 0 unspecified atom stereocenters. The lowest BCUT2D eigenvalue weighted by molar-refractivity contribution is 0.138. The van der Waals surface area contributed by atoms with E-state index in [0.29, 0.717) is 19.7 Å². The van der Waals surface area contributed by atoms with E-state index in [1.54, 1.807) is 0 Å². The minimum absolute atomic E-state index is 0.379. The number of amides is 1. The molecule has 0 atom stereocenters. The molecule has 0 saturated carbocycles. The van der Waals surface area contributed by atoms with Crippen molar-refractivity contribution in [1.82, 2.24) is 4.90 Å². The first kappa shape index (κ1) is 10.3. The Morgan fingerprint density at radius 3 is 3.07 bits per heavy atom. The first-order chi connectivity index (χ1) is 7.16. The Kier molecular flexibility index (Phi) is 2.81. The van der Waals surface area contributed by atoms with Gasteiger partial charge in [-0.3, -0.25) is 0 Å². The lowest BCUT2D eigenvalue weighted by Gasteiger charge is -2.14. The summed E-state index contributed by atoms with van der Waals surface area (Å²) in [5.74, 6) is 0.766. The molecule has 2 rings (SSSR count). The predicted octanol–water partition coefficient (Wildman–Crippen LogP) is 2.32. The van der Waals surface area contributed by atoms with Crippen molar-refractivity contribution < 1.29 is 14.6 Å². The van der Waals surface area contributed by atoms with E-state index in [1.807, 2.05) is 18.2 Å². The maximum atomic E-state index is 10.9. The van der Waals surface area contributed by atoms with E-state index in [4.69, 9.17) is 9.84 Å². The minimum atomic E-state index is -0.911. The van der Waals surface area contributed by atoms with Crippen molar-refractivity contribution in [1.29, 1.82) is 0 Å². The van der Waals surface area contributed by atoms with Gasteiger partial charge in [-0.05, 0) is 18.2 Å². The summed E-state index contributed by atoms with van der Waals surface area (Å²) in [6.07, 6.45) is -0.911. The second-order valence-electron chi connectivity index (χ2n) is 3.30. The molecule has 1 aromatic rings. The van der Waals surface area contributed by atoms with Crippen LogP contribution in [0.5, 0.6) is 5.75 Å². The third kappa shape index (κ3) is 2.23. The van der Waals surface area contributed by atoms with Gasteiger partial charge in [-0.2, -0.15) is 0 Å². The van der Waals surface area contributed by atoms with E-state index in [0.717, 1.165) is 15.8 Å². The quantitative estimate of drug-likeness (QED) is 0.788. The van der Waals surface area contributed by atoms with Gasteiger partial charge in [-0.15, -0.1) is 0 Å². The number of benzene rings is 1. The Hall–Kier alpha value is -1.23. The van der Waals surface area contributed by atoms with Crippen molar-refractivity contribution in [2.75, 3.05) is 13.2 Å². The molecule has 15 heavy (non-hydrogen) atoms. The number of halogens is 1. The summed E-state index contributed by atoms with van der Waals surface area (Å²) in [6.45, 7) is 1.19. The van der Waals surface area contributed by atoms with Crippen LogP contribution in [0.3, 0.4) is 0 Å². The maximum Gasteiger partial charge on any atom is 0.407 e. The van der Waals surface area contributed by atoms with Gasteiger partial charge in [-0.1, -0.05) is 15.9 Å². The number of hydrogen-bond donors (Lipinski definition) is 1. The Morgan fingerprint density at radius 2 is 2.33 bits per heavy atom. The highest BCUT2D eigenvalue weighted by Gasteiger charge is 2.18. The summed E-state index contributed by atoms with van der Waals surface area (Å²) in [5, 5.41) is 8.92. The number of hydrogen-bond acceptors (Lipinski definition) is 2. The summed E-state index contributed by atoms with van der Waals surface area (Å²) in [6, 6.07) is 5.62. The van der Waals surface area contributed by atoms with E-state index in [-0.39, 0.29) is 0 Å². The molecule has 1 aromatic carbocycles. The summed E-state index contributed by atoms with van der Waals surface area (Å²) < 4.78 is 6.39. The molecule has 1 aliphatic rings. The molecular formula is C10H10BrNO3. The Bertz CT molecular complexity index is 394. The van der Waals surface area contributed by atoms with Crippen molar-refractivity contribution in [2.24, 2.45) is 0 Å². The molecule has 5 heteroatoms. The highest BCUT2D eigenvalue weighted by molar-refractivity contribution is 9.10. The second-order valence-corrected chi connectivity index (χ2v) is 4.22. The zero-order valence-electron chi connectivity index (χ0n) is 7.94. The number of carbonyl (C=O) groups is 1. The minimum Gasteiger partial charge on any atom is -0.491 e. The van der Waals surface area contributed by atoms with Crippen molar-refractivity contribution in [3.8, 4) is 5.75 Å². The zero-order chi connectivity index (χ0) is 10.8. The summed E-state index contributed by atoms with van der Waals surface area (Å²) in [5.41, 5.74) is 0.893. The van der Waals surface area contributed by atoms with E-state index >= 15 is 0 Å². The van der Waals surface area contributed by atoms with Gasteiger partial charge >= 0.3 is 6.09 Å². The van der Waals surface area contributed by atoms with E-state index in [9.17, 15) is 4.79 Å². The molecule has 0 saturated heterocycles. The third-order valence-corrected chi connectivity index (χ3v) is 2.77. The van der Waals surface area contributed by atoms with Crippen LogP contribution >= 0.6 is 15.9 Å². The van der Waals surface area contributed by atoms with Crippen LogP contribution in [0, 0.1) is 0 Å². The molecule has 0 bridgehead atoms. The van der Waals surface area contributed by atoms with E-state index in [2.05, 4.69) is 15.9 Å². The molecule has 0 radical (unpaired) electrons. The fourth-order valence-corrected chi connectivity index (χ4v) is 1.93. The van der Waals surface area contributed by atoms with Crippen LogP contribution in [0.2, 0.25) is 0 Å². The van der Waals surface area contributed by atoms with Crippen molar-refractivity contribution in [3.63, 3.8) is 0 Å². The normalized spacial score (nSPS) is 15.1. The molecule has 4 nitrogen and oxygen atoms in total. The first-order valence-corrected chi connectivity index (χ1v) is 5.35. The predicted molar refractivity (Wildman–Crippen MR) is 58.1 cm³/mol. The lowest BCUT2D eigenvalue weighted by Crippen LogP contribution is -2.30. The van der Waals surface area contributed by atoms with Crippen LogP contribution in [-0.4, -0.2) is 29.3 Å². The first-order valence-electron chi connectivity index (χ1n) is 4.56. The van der Waals surface area contributed by atoms with Gasteiger partial charge < -0.3 is 14.7 Å². The van der Waals surface area contributed by atoms with E-state index < -0.39 is 6.09 Å². The molecule has 1 N–H and O–H groups in total. The average molecular weight is 272 g/mol. The number of nitrogens with zero attached hydrogens (tertiary/aromatic N) is 1. The molecule has 0 aliphatic carbocycles. The molecule has 1 amide bonds. The van der Waals surface area contributed by atoms with Gasteiger partial charge in [0.05, 0.1) is 13.1 Å². The number of rotatable bonds is 0. The highest BCUT2D eigenvalue weighted by atomic mass is 79.9. The average Bonchev–Trinajstić information content (AvgIpc) is 2.39. The Labute approximate surface area is 95.6 Å². The van der Waals surface area contributed by atoms with Gasteiger partial charge in [0, 0.05) is 10.0 Å².